The second-order valence-electron chi connectivity index (χ2n) is 17.6. The standard InChI is InChI=1S/C63H40N2/c1-3-16-41(17-4-1)43-30-35-46(36-31-43)64(47-37-32-44(33-38-47)42-18-5-2-6-19-42)59-40-56-61(51-24-10-9-22-49(51)59)60-48-21-8-7-20-45(48)34-39-54(60)63(56)53-26-12-14-29-58(53)65-57-28-13-11-23-50(57)52-25-15-27-55(63)62(52)65/h1-40H. The van der Waals surface area contributed by atoms with E-state index >= 15 is 0 Å². The Morgan fingerprint density at radius 3 is 1.55 bits per heavy atom. The van der Waals surface area contributed by atoms with Crippen LogP contribution in [0.15, 0.2) is 243 Å². The van der Waals surface area contributed by atoms with Gasteiger partial charge in [-0.2, -0.15) is 0 Å². The van der Waals surface area contributed by atoms with Crippen LogP contribution in [0.1, 0.15) is 22.3 Å². The van der Waals surface area contributed by atoms with Gasteiger partial charge in [-0.3, -0.25) is 0 Å². The number of rotatable bonds is 5. The Morgan fingerprint density at radius 1 is 0.323 bits per heavy atom. The van der Waals surface area contributed by atoms with Crippen molar-refractivity contribution in [2.75, 3.05) is 4.90 Å². The summed E-state index contributed by atoms with van der Waals surface area (Å²) in [6.45, 7) is 0. The highest BCUT2D eigenvalue weighted by Crippen LogP contribution is 2.64. The quantitative estimate of drug-likeness (QED) is 0.168. The minimum absolute atomic E-state index is 0.631. The molecule has 1 aliphatic heterocycles. The van der Waals surface area contributed by atoms with Crippen molar-refractivity contribution in [1.82, 2.24) is 4.57 Å². The minimum atomic E-state index is -0.631. The zero-order valence-electron chi connectivity index (χ0n) is 35.5. The van der Waals surface area contributed by atoms with Crippen molar-refractivity contribution < 1.29 is 0 Å². The number of aromatic nitrogens is 1. The highest BCUT2D eigenvalue weighted by molar-refractivity contribution is 6.18. The summed E-state index contributed by atoms with van der Waals surface area (Å²) in [7, 11) is 0. The molecule has 0 saturated carbocycles. The lowest BCUT2D eigenvalue weighted by Gasteiger charge is -2.40. The van der Waals surface area contributed by atoms with E-state index < -0.39 is 5.41 Å². The van der Waals surface area contributed by atoms with Crippen LogP contribution in [-0.4, -0.2) is 4.57 Å². The Labute approximate surface area is 377 Å². The highest BCUT2D eigenvalue weighted by Gasteiger charge is 2.52. The first kappa shape index (κ1) is 36.1. The van der Waals surface area contributed by atoms with Gasteiger partial charge in [0, 0.05) is 27.5 Å². The van der Waals surface area contributed by atoms with Crippen molar-refractivity contribution in [3.63, 3.8) is 0 Å². The molecule has 14 rings (SSSR count). The minimum Gasteiger partial charge on any atom is -0.310 e. The van der Waals surface area contributed by atoms with Crippen LogP contribution in [-0.2, 0) is 5.41 Å². The van der Waals surface area contributed by atoms with E-state index in [4.69, 9.17) is 0 Å². The summed E-state index contributed by atoms with van der Waals surface area (Å²) >= 11 is 0. The van der Waals surface area contributed by atoms with Gasteiger partial charge in [-0.1, -0.05) is 200 Å². The SMILES string of the molecule is c1ccc(-c2ccc(N(c3ccc(-c4ccccc4)cc3)c3cc4c(c5ccccc35)-c3c(ccc5ccccc35)C43c4ccccc4-n4c5ccccc5c5cccc3c54)cc2)cc1. The van der Waals surface area contributed by atoms with Gasteiger partial charge in [0.25, 0.3) is 0 Å². The predicted molar refractivity (Wildman–Crippen MR) is 272 cm³/mol. The fraction of sp³-hybridized carbons (Fsp3) is 0.0159. The van der Waals surface area contributed by atoms with E-state index in [-0.39, 0.29) is 0 Å². The molecule has 1 spiro atoms. The third-order valence-electron chi connectivity index (χ3n) is 14.4. The number of anilines is 3. The maximum absolute atomic E-state index is 2.57. The fourth-order valence-corrected chi connectivity index (χ4v) is 11.7. The van der Waals surface area contributed by atoms with Crippen LogP contribution in [0.5, 0.6) is 0 Å². The lowest BCUT2D eigenvalue weighted by molar-refractivity contribution is 0.749. The third kappa shape index (κ3) is 4.99. The summed E-state index contributed by atoms with van der Waals surface area (Å²) in [4.78, 5) is 2.49. The van der Waals surface area contributed by atoms with E-state index in [1.54, 1.807) is 0 Å². The molecule has 0 N–H and O–H groups in total. The Kier molecular flexibility index (Phi) is 7.64. The number of nitrogens with zero attached hydrogens (tertiary/aromatic N) is 2. The maximum Gasteiger partial charge on any atom is 0.0755 e. The first-order valence-corrected chi connectivity index (χ1v) is 22.6. The van der Waals surface area contributed by atoms with Gasteiger partial charge in [-0.25, -0.2) is 0 Å². The van der Waals surface area contributed by atoms with Crippen LogP contribution in [0.3, 0.4) is 0 Å². The summed E-state index contributed by atoms with van der Waals surface area (Å²) in [6.07, 6.45) is 0. The summed E-state index contributed by atoms with van der Waals surface area (Å²) in [5.74, 6) is 0. The largest absolute Gasteiger partial charge is 0.310 e. The van der Waals surface area contributed by atoms with Gasteiger partial charge < -0.3 is 9.47 Å². The van der Waals surface area contributed by atoms with Gasteiger partial charge in [-0.05, 0) is 114 Å². The molecule has 0 saturated heterocycles. The molecule has 2 heteroatoms. The smallest absolute Gasteiger partial charge is 0.0755 e. The molecule has 0 radical (unpaired) electrons. The number of para-hydroxylation sites is 3. The van der Waals surface area contributed by atoms with Gasteiger partial charge in [0.05, 0.1) is 27.8 Å². The molecule has 65 heavy (non-hydrogen) atoms. The van der Waals surface area contributed by atoms with Crippen LogP contribution in [0.4, 0.5) is 17.1 Å². The van der Waals surface area contributed by atoms with Gasteiger partial charge in [0.2, 0.25) is 0 Å². The van der Waals surface area contributed by atoms with Crippen LogP contribution >= 0.6 is 0 Å². The molecule has 1 aromatic heterocycles. The normalized spacial score (nSPS) is 14.5. The summed E-state index contributed by atoms with van der Waals surface area (Å²) < 4.78 is 2.54. The van der Waals surface area contributed by atoms with Crippen molar-refractivity contribution in [3.05, 3.63) is 265 Å². The molecule has 2 heterocycles. The van der Waals surface area contributed by atoms with Gasteiger partial charge in [0.15, 0.2) is 0 Å². The zero-order valence-corrected chi connectivity index (χ0v) is 35.5. The topological polar surface area (TPSA) is 8.17 Å². The molecule has 1 atom stereocenters. The first-order valence-electron chi connectivity index (χ1n) is 22.6. The third-order valence-corrected chi connectivity index (χ3v) is 14.4. The second kappa shape index (κ2) is 13.8. The maximum atomic E-state index is 2.57. The monoisotopic (exact) mass is 824 g/mol. The molecule has 11 aromatic carbocycles. The Balaban J connectivity index is 1.12. The molecule has 2 aliphatic rings. The van der Waals surface area contributed by atoms with E-state index in [0.717, 1.165) is 17.1 Å². The van der Waals surface area contributed by atoms with Crippen molar-refractivity contribution >= 4 is 60.4 Å². The summed E-state index contributed by atoms with van der Waals surface area (Å²) in [6, 6.07) is 90.2. The Bertz CT molecular complexity index is 3780. The molecular weight excluding hydrogens is 785 g/mol. The fourth-order valence-electron chi connectivity index (χ4n) is 11.7. The number of benzene rings is 11. The molecule has 1 aliphatic carbocycles. The van der Waals surface area contributed by atoms with Gasteiger partial charge in [0.1, 0.15) is 0 Å². The second-order valence-corrected chi connectivity index (χ2v) is 17.6. The molecule has 1 unspecified atom stereocenters. The molecular formula is C63H40N2. The zero-order chi connectivity index (χ0) is 42.6. The van der Waals surface area contributed by atoms with E-state index in [1.807, 2.05) is 0 Å². The Hall–Kier alpha value is -8.46. The van der Waals surface area contributed by atoms with E-state index in [9.17, 15) is 0 Å². The number of hydrogen-bond donors (Lipinski definition) is 0. The molecule has 0 bridgehead atoms. The van der Waals surface area contributed by atoms with E-state index in [0.29, 0.717) is 0 Å². The van der Waals surface area contributed by atoms with E-state index in [1.165, 1.54) is 105 Å². The summed E-state index contributed by atoms with van der Waals surface area (Å²) in [5, 5.41) is 7.54. The van der Waals surface area contributed by atoms with Crippen LogP contribution in [0.25, 0.3) is 82.4 Å². The molecule has 0 fully saturated rings. The highest BCUT2D eigenvalue weighted by atomic mass is 15.1. The molecule has 0 amide bonds. The molecule has 12 aromatic rings. The van der Waals surface area contributed by atoms with Crippen molar-refractivity contribution in [2.24, 2.45) is 0 Å². The van der Waals surface area contributed by atoms with Crippen molar-refractivity contribution in [3.8, 4) is 39.1 Å². The first-order chi connectivity index (χ1) is 32.3. The van der Waals surface area contributed by atoms with Gasteiger partial charge >= 0.3 is 0 Å². The lowest BCUT2D eigenvalue weighted by atomic mass is 9.65. The van der Waals surface area contributed by atoms with Crippen LogP contribution in [0, 0.1) is 0 Å². The number of hydrogen-bond acceptors (Lipinski definition) is 1. The molecule has 2 nitrogen and oxygen atoms in total. The Morgan fingerprint density at radius 2 is 0.846 bits per heavy atom. The number of fused-ring (bicyclic) bond motifs is 16. The lowest BCUT2D eigenvalue weighted by Crippen LogP contribution is -2.33. The average Bonchev–Trinajstić information content (AvgIpc) is 3.88. The van der Waals surface area contributed by atoms with Crippen molar-refractivity contribution in [2.45, 2.75) is 5.41 Å². The average molecular weight is 825 g/mol. The van der Waals surface area contributed by atoms with Crippen LogP contribution < -0.4 is 4.90 Å². The molecule has 302 valence electrons. The summed E-state index contributed by atoms with van der Waals surface area (Å²) in [5.41, 5.74) is 19.1. The van der Waals surface area contributed by atoms with Crippen molar-refractivity contribution in [1.29, 1.82) is 0 Å². The predicted octanol–water partition coefficient (Wildman–Crippen LogP) is 16.6. The van der Waals surface area contributed by atoms with E-state index in [2.05, 4.69) is 252 Å². The van der Waals surface area contributed by atoms with Gasteiger partial charge in [-0.15, -0.1) is 0 Å². The van der Waals surface area contributed by atoms with Crippen LogP contribution in [0.2, 0.25) is 0 Å².